The van der Waals surface area contributed by atoms with Crippen LogP contribution in [0.15, 0.2) is 29.8 Å². The Morgan fingerprint density at radius 3 is 2.90 bits per heavy atom. The maximum absolute atomic E-state index is 13.2. The van der Waals surface area contributed by atoms with Gasteiger partial charge in [0, 0.05) is 17.1 Å². The molecular weight excluding hydrogens is 305 g/mol. The number of nitrogens with zero attached hydrogens (tertiary/aromatic N) is 1. The number of anilines is 1. The molecule has 1 atom stereocenters. The number of aromatic nitrogens is 1. The van der Waals surface area contributed by atoms with Gasteiger partial charge in [0.1, 0.15) is 17.6 Å². The number of halogens is 2. The Bertz CT molecular complexity index is 580. The lowest BCUT2D eigenvalue weighted by atomic mass is 10.1. The monoisotopic (exact) mass is 317 g/mol. The average molecular weight is 318 g/mol. The highest BCUT2D eigenvalue weighted by Crippen LogP contribution is 2.25. The second kappa shape index (κ2) is 7.18. The first kappa shape index (κ1) is 16.4. The van der Waals surface area contributed by atoms with Crippen molar-refractivity contribution in [3.63, 3.8) is 0 Å². The van der Waals surface area contributed by atoms with E-state index in [1.54, 1.807) is 11.6 Å². The fourth-order valence-corrected chi connectivity index (χ4v) is 2.09. The Balaban J connectivity index is 0.00000200. The van der Waals surface area contributed by atoms with Crippen LogP contribution in [0.1, 0.15) is 11.6 Å². The van der Waals surface area contributed by atoms with Gasteiger partial charge in [0.15, 0.2) is 5.13 Å². The molecule has 1 aromatic carbocycles. The summed E-state index contributed by atoms with van der Waals surface area (Å²) in [6.07, 6.45) is 1.56. The Labute approximate surface area is 125 Å². The third-order valence-corrected chi connectivity index (χ3v) is 3.16. The summed E-state index contributed by atoms with van der Waals surface area (Å²) in [5, 5.41) is 4.72. The van der Waals surface area contributed by atoms with E-state index in [0.29, 0.717) is 10.9 Å². The van der Waals surface area contributed by atoms with Crippen molar-refractivity contribution in [2.24, 2.45) is 5.73 Å². The Morgan fingerprint density at radius 1 is 1.55 bits per heavy atom. The number of ether oxygens (including phenoxy) is 1. The minimum absolute atomic E-state index is 0. The van der Waals surface area contributed by atoms with Gasteiger partial charge in [-0.1, -0.05) is 0 Å². The number of nitrogens with two attached hydrogens (primary N) is 1. The molecule has 108 valence electrons. The number of benzene rings is 1. The molecule has 20 heavy (non-hydrogen) atoms. The van der Waals surface area contributed by atoms with Crippen LogP contribution in [0.25, 0.3) is 0 Å². The summed E-state index contributed by atoms with van der Waals surface area (Å²) in [6, 6.07) is 2.83. The van der Waals surface area contributed by atoms with Crippen LogP contribution in [-0.4, -0.2) is 18.0 Å². The number of carbonyl (C=O) groups excluding carboxylic acids is 1. The number of carbonyl (C=O) groups is 1. The van der Waals surface area contributed by atoms with E-state index in [1.807, 2.05) is 0 Å². The minimum Gasteiger partial charge on any atom is -0.496 e. The molecule has 0 saturated heterocycles. The summed E-state index contributed by atoms with van der Waals surface area (Å²) < 4.78 is 18.3. The zero-order valence-electron chi connectivity index (χ0n) is 10.5. The first-order valence-corrected chi connectivity index (χ1v) is 6.29. The van der Waals surface area contributed by atoms with Crippen LogP contribution >= 0.6 is 23.7 Å². The predicted molar refractivity (Wildman–Crippen MR) is 77.9 cm³/mol. The van der Waals surface area contributed by atoms with Gasteiger partial charge < -0.3 is 15.8 Å². The van der Waals surface area contributed by atoms with E-state index in [2.05, 4.69) is 10.3 Å². The fourth-order valence-electron chi connectivity index (χ4n) is 1.56. The van der Waals surface area contributed by atoms with Gasteiger partial charge in [0.2, 0.25) is 5.91 Å². The molecule has 0 bridgehead atoms. The van der Waals surface area contributed by atoms with E-state index >= 15 is 0 Å². The lowest BCUT2D eigenvalue weighted by Gasteiger charge is -2.14. The second-order valence-electron chi connectivity index (χ2n) is 3.69. The Morgan fingerprint density at radius 2 is 2.30 bits per heavy atom. The van der Waals surface area contributed by atoms with Gasteiger partial charge in [-0.15, -0.1) is 23.7 Å². The van der Waals surface area contributed by atoms with E-state index in [9.17, 15) is 9.18 Å². The van der Waals surface area contributed by atoms with E-state index in [4.69, 9.17) is 10.5 Å². The minimum atomic E-state index is -1.03. The molecule has 1 aromatic heterocycles. The summed E-state index contributed by atoms with van der Waals surface area (Å²) in [6.45, 7) is 0. The molecular formula is C12H13ClFN3O2S. The van der Waals surface area contributed by atoms with Crippen molar-refractivity contribution in [3.05, 3.63) is 41.2 Å². The summed E-state index contributed by atoms with van der Waals surface area (Å²) in [7, 11) is 1.43. The number of hydrogen-bond donors (Lipinski definition) is 2. The number of methoxy groups -OCH3 is 1. The highest BCUT2D eigenvalue weighted by atomic mass is 35.5. The van der Waals surface area contributed by atoms with Gasteiger partial charge in [0.05, 0.1) is 7.11 Å². The molecule has 1 heterocycles. The Kier molecular flexibility index (Phi) is 5.87. The molecule has 0 aliphatic carbocycles. The van der Waals surface area contributed by atoms with Gasteiger partial charge in [-0.2, -0.15) is 0 Å². The van der Waals surface area contributed by atoms with Crippen molar-refractivity contribution in [1.29, 1.82) is 0 Å². The van der Waals surface area contributed by atoms with E-state index < -0.39 is 17.8 Å². The van der Waals surface area contributed by atoms with Crippen LogP contribution in [0, 0.1) is 5.82 Å². The van der Waals surface area contributed by atoms with Crippen molar-refractivity contribution in [3.8, 4) is 5.75 Å². The molecule has 1 unspecified atom stereocenters. The van der Waals surface area contributed by atoms with Gasteiger partial charge in [0.25, 0.3) is 0 Å². The van der Waals surface area contributed by atoms with Crippen molar-refractivity contribution < 1.29 is 13.9 Å². The predicted octanol–water partition coefficient (Wildman–Crippen LogP) is 2.35. The highest BCUT2D eigenvalue weighted by molar-refractivity contribution is 7.13. The van der Waals surface area contributed by atoms with Crippen molar-refractivity contribution in [2.45, 2.75) is 6.04 Å². The van der Waals surface area contributed by atoms with Crippen molar-refractivity contribution in [1.82, 2.24) is 4.98 Å². The summed E-state index contributed by atoms with van der Waals surface area (Å²) in [5.41, 5.74) is 6.11. The number of rotatable bonds is 4. The molecule has 0 spiro atoms. The topological polar surface area (TPSA) is 77.2 Å². The standard InChI is InChI=1S/C12H12FN3O2S.ClH/c1-18-9-3-2-7(13)6-8(9)10(14)11(17)16-12-15-4-5-19-12;/h2-6,10H,14H2,1H3,(H,15,16,17);1H. The lowest BCUT2D eigenvalue weighted by Crippen LogP contribution is -2.28. The lowest BCUT2D eigenvalue weighted by molar-refractivity contribution is -0.117. The molecule has 2 rings (SSSR count). The zero-order valence-corrected chi connectivity index (χ0v) is 12.1. The molecule has 8 heteroatoms. The van der Waals surface area contributed by atoms with E-state index in [0.717, 1.165) is 0 Å². The smallest absolute Gasteiger partial charge is 0.247 e. The first-order valence-electron chi connectivity index (χ1n) is 5.41. The van der Waals surface area contributed by atoms with E-state index in [1.165, 1.54) is 36.6 Å². The van der Waals surface area contributed by atoms with Crippen LogP contribution < -0.4 is 15.8 Å². The summed E-state index contributed by atoms with van der Waals surface area (Å²) in [4.78, 5) is 15.9. The van der Waals surface area contributed by atoms with Gasteiger partial charge in [-0.05, 0) is 18.2 Å². The Hall–Kier alpha value is -1.70. The molecule has 0 fully saturated rings. The third kappa shape index (κ3) is 3.66. The third-order valence-electron chi connectivity index (χ3n) is 2.47. The summed E-state index contributed by atoms with van der Waals surface area (Å²) in [5.74, 6) is -0.588. The normalized spacial score (nSPS) is 11.3. The van der Waals surface area contributed by atoms with Crippen molar-refractivity contribution in [2.75, 3.05) is 12.4 Å². The van der Waals surface area contributed by atoms with Gasteiger partial charge >= 0.3 is 0 Å². The van der Waals surface area contributed by atoms with Crippen LogP contribution in [0.5, 0.6) is 5.75 Å². The quantitative estimate of drug-likeness (QED) is 0.907. The number of nitrogens with one attached hydrogen (secondary N) is 1. The average Bonchev–Trinajstić information content (AvgIpc) is 2.90. The molecule has 3 N–H and O–H groups in total. The number of hydrogen-bond acceptors (Lipinski definition) is 5. The summed E-state index contributed by atoms with van der Waals surface area (Å²) >= 11 is 1.27. The zero-order chi connectivity index (χ0) is 13.8. The second-order valence-corrected chi connectivity index (χ2v) is 4.59. The molecule has 2 aromatic rings. The molecule has 0 saturated carbocycles. The van der Waals surface area contributed by atoms with Crippen LogP contribution in [-0.2, 0) is 4.79 Å². The number of thiazole rings is 1. The van der Waals surface area contributed by atoms with Crippen molar-refractivity contribution >= 4 is 34.8 Å². The first-order chi connectivity index (χ1) is 9.11. The van der Waals surface area contributed by atoms with Crippen LogP contribution in [0.2, 0.25) is 0 Å². The highest BCUT2D eigenvalue weighted by Gasteiger charge is 2.21. The molecule has 1 amide bonds. The SMILES string of the molecule is COc1ccc(F)cc1C(N)C(=O)Nc1nccs1.Cl. The number of amides is 1. The maximum Gasteiger partial charge on any atom is 0.247 e. The maximum atomic E-state index is 13.2. The van der Waals surface area contributed by atoms with E-state index in [-0.39, 0.29) is 18.0 Å². The molecule has 5 nitrogen and oxygen atoms in total. The van der Waals surface area contributed by atoms with Crippen LogP contribution in [0.4, 0.5) is 9.52 Å². The molecule has 0 aliphatic heterocycles. The van der Waals surface area contributed by atoms with Gasteiger partial charge in [-0.25, -0.2) is 9.37 Å². The molecule has 0 aliphatic rings. The van der Waals surface area contributed by atoms with Crippen LogP contribution in [0.3, 0.4) is 0 Å². The van der Waals surface area contributed by atoms with Gasteiger partial charge in [-0.3, -0.25) is 4.79 Å². The molecule has 0 radical (unpaired) electrons. The fraction of sp³-hybridized carbons (Fsp3) is 0.167. The largest absolute Gasteiger partial charge is 0.496 e.